The van der Waals surface area contributed by atoms with E-state index in [0.717, 1.165) is 0 Å². The van der Waals surface area contributed by atoms with Gasteiger partial charge < -0.3 is 23.4 Å². The first-order valence-corrected chi connectivity index (χ1v) is 10.2. The quantitative estimate of drug-likeness (QED) is 0.573. The standard InChI is InChI=1S/C23H23NO8/c1-29-20(26)11-16(17-13-31-19-5-3-2-4-15(19)21(17)27)23-22(28)18(25)10-14(32-23)12-24-6-8-30-9-7-24/h2-5,10,13,16,28H,6-9,11-12H2,1H3. The van der Waals surface area contributed by atoms with Gasteiger partial charge in [0.25, 0.3) is 0 Å². The smallest absolute Gasteiger partial charge is 0.306 e. The lowest BCUT2D eigenvalue weighted by atomic mass is 9.92. The van der Waals surface area contributed by atoms with Crippen LogP contribution in [0.15, 0.2) is 55.0 Å². The lowest BCUT2D eigenvalue weighted by molar-refractivity contribution is -0.140. The monoisotopic (exact) mass is 441 g/mol. The van der Waals surface area contributed by atoms with Crippen LogP contribution in [0.5, 0.6) is 5.75 Å². The molecule has 1 N–H and O–H groups in total. The molecule has 3 heterocycles. The maximum absolute atomic E-state index is 13.2. The Hall–Kier alpha value is -3.43. The van der Waals surface area contributed by atoms with Crippen molar-refractivity contribution in [2.45, 2.75) is 18.9 Å². The summed E-state index contributed by atoms with van der Waals surface area (Å²) >= 11 is 0. The van der Waals surface area contributed by atoms with Crippen molar-refractivity contribution in [2.75, 3.05) is 33.4 Å². The van der Waals surface area contributed by atoms with Gasteiger partial charge in [-0.1, -0.05) is 12.1 Å². The molecule has 168 valence electrons. The maximum atomic E-state index is 13.2. The summed E-state index contributed by atoms with van der Waals surface area (Å²) in [5.41, 5.74) is -0.586. The number of morpholine rings is 1. The average Bonchev–Trinajstić information content (AvgIpc) is 2.81. The number of nitrogens with zero attached hydrogens (tertiary/aromatic N) is 1. The number of hydrogen-bond acceptors (Lipinski definition) is 9. The molecule has 1 saturated heterocycles. The summed E-state index contributed by atoms with van der Waals surface area (Å²) in [7, 11) is 1.22. The Kier molecular flexibility index (Phi) is 6.38. The van der Waals surface area contributed by atoms with Crippen LogP contribution in [0.2, 0.25) is 0 Å². The third-order valence-corrected chi connectivity index (χ3v) is 5.48. The molecule has 0 aliphatic carbocycles. The fraction of sp³-hybridized carbons (Fsp3) is 0.348. The summed E-state index contributed by atoms with van der Waals surface area (Å²) in [6, 6.07) is 7.89. The van der Waals surface area contributed by atoms with E-state index in [-0.39, 0.29) is 23.2 Å². The number of methoxy groups -OCH3 is 1. The number of hydrogen-bond donors (Lipinski definition) is 1. The van der Waals surface area contributed by atoms with Gasteiger partial charge in [-0.2, -0.15) is 0 Å². The highest BCUT2D eigenvalue weighted by Crippen LogP contribution is 2.33. The van der Waals surface area contributed by atoms with Crippen molar-refractivity contribution in [3.63, 3.8) is 0 Å². The predicted octanol–water partition coefficient (Wildman–Crippen LogP) is 1.98. The molecule has 1 aliphatic heterocycles. The summed E-state index contributed by atoms with van der Waals surface area (Å²) in [5.74, 6) is -2.22. The zero-order chi connectivity index (χ0) is 22.7. The Labute approximate surface area is 182 Å². The molecule has 3 aromatic rings. The van der Waals surface area contributed by atoms with E-state index in [1.165, 1.54) is 19.4 Å². The van der Waals surface area contributed by atoms with Crippen LogP contribution in [0.4, 0.5) is 0 Å². The molecule has 0 radical (unpaired) electrons. The highest BCUT2D eigenvalue weighted by Gasteiger charge is 2.30. The highest BCUT2D eigenvalue weighted by molar-refractivity contribution is 5.77. The van der Waals surface area contributed by atoms with Gasteiger partial charge in [0, 0.05) is 24.7 Å². The fourth-order valence-electron chi connectivity index (χ4n) is 3.78. The van der Waals surface area contributed by atoms with Gasteiger partial charge in [-0.15, -0.1) is 0 Å². The number of fused-ring (bicyclic) bond motifs is 1. The number of ether oxygens (including phenoxy) is 2. The van der Waals surface area contributed by atoms with Gasteiger partial charge in [0.15, 0.2) is 11.2 Å². The zero-order valence-corrected chi connectivity index (χ0v) is 17.5. The highest BCUT2D eigenvalue weighted by atomic mass is 16.5. The molecule has 1 fully saturated rings. The molecular formula is C23H23NO8. The van der Waals surface area contributed by atoms with Crippen LogP contribution < -0.4 is 10.9 Å². The molecule has 4 rings (SSSR count). The minimum atomic E-state index is -1.07. The molecular weight excluding hydrogens is 418 g/mol. The predicted molar refractivity (Wildman–Crippen MR) is 114 cm³/mol. The number of carbonyl (C=O) groups excluding carboxylic acids is 1. The van der Waals surface area contributed by atoms with Crippen LogP contribution >= 0.6 is 0 Å². The van der Waals surface area contributed by atoms with Gasteiger partial charge >= 0.3 is 5.97 Å². The summed E-state index contributed by atoms with van der Waals surface area (Å²) in [4.78, 5) is 39.9. The summed E-state index contributed by atoms with van der Waals surface area (Å²) in [5, 5.41) is 10.8. The van der Waals surface area contributed by atoms with E-state index < -0.39 is 23.1 Å². The van der Waals surface area contributed by atoms with Crippen molar-refractivity contribution in [1.29, 1.82) is 0 Å². The van der Waals surface area contributed by atoms with Crippen molar-refractivity contribution >= 4 is 16.9 Å². The number of esters is 1. The molecule has 0 amide bonds. The van der Waals surface area contributed by atoms with Crippen molar-refractivity contribution in [2.24, 2.45) is 0 Å². The van der Waals surface area contributed by atoms with Gasteiger partial charge in [-0.05, 0) is 12.1 Å². The SMILES string of the molecule is COC(=O)CC(c1oc(CN2CCOCC2)cc(=O)c1O)c1coc2ccccc2c1=O. The van der Waals surface area contributed by atoms with Crippen molar-refractivity contribution in [3.8, 4) is 5.75 Å². The molecule has 32 heavy (non-hydrogen) atoms. The van der Waals surface area contributed by atoms with E-state index in [1.54, 1.807) is 24.3 Å². The lowest BCUT2D eigenvalue weighted by Gasteiger charge is -2.26. The van der Waals surface area contributed by atoms with E-state index in [2.05, 4.69) is 0 Å². The number of carbonyl (C=O) groups is 1. The topological polar surface area (TPSA) is 119 Å². The Balaban J connectivity index is 1.81. The van der Waals surface area contributed by atoms with Gasteiger partial charge in [-0.25, -0.2) is 0 Å². The first kappa shape index (κ1) is 21.8. The molecule has 9 nitrogen and oxygen atoms in total. The minimum Gasteiger partial charge on any atom is -0.502 e. The molecule has 0 bridgehead atoms. The minimum absolute atomic E-state index is 0.0797. The van der Waals surface area contributed by atoms with E-state index in [9.17, 15) is 19.5 Å². The van der Waals surface area contributed by atoms with Gasteiger partial charge in [0.2, 0.25) is 11.2 Å². The second kappa shape index (κ2) is 9.37. The van der Waals surface area contributed by atoms with Gasteiger partial charge in [-0.3, -0.25) is 19.3 Å². The van der Waals surface area contributed by atoms with E-state index in [4.69, 9.17) is 18.3 Å². The van der Waals surface area contributed by atoms with E-state index in [0.29, 0.717) is 49.6 Å². The Morgan fingerprint density at radius 1 is 1.22 bits per heavy atom. The van der Waals surface area contributed by atoms with Crippen LogP contribution in [0.25, 0.3) is 11.0 Å². The van der Waals surface area contributed by atoms with Crippen LogP contribution in [0.3, 0.4) is 0 Å². The Bertz CT molecular complexity index is 1240. The van der Waals surface area contributed by atoms with E-state index >= 15 is 0 Å². The molecule has 1 aliphatic rings. The second-order valence-corrected chi connectivity index (χ2v) is 7.53. The van der Waals surface area contributed by atoms with E-state index in [1.807, 2.05) is 4.90 Å². The van der Waals surface area contributed by atoms with Gasteiger partial charge in [0.1, 0.15) is 11.3 Å². The molecule has 9 heteroatoms. The Morgan fingerprint density at radius 3 is 2.72 bits per heavy atom. The largest absolute Gasteiger partial charge is 0.502 e. The van der Waals surface area contributed by atoms with Crippen LogP contribution in [0, 0.1) is 0 Å². The Morgan fingerprint density at radius 2 is 1.97 bits per heavy atom. The fourth-order valence-corrected chi connectivity index (χ4v) is 3.78. The third kappa shape index (κ3) is 4.44. The number of rotatable bonds is 6. The molecule has 2 aromatic heterocycles. The van der Waals surface area contributed by atoms with Crippen LogP contribution in [-0.2, 0) is 20.8 Å². The summed E-state index contributed by atoms with van der Waals surface area (Å²) in [6.45, 7) is 2.79. The third-order valence-electron chi connectivity index (χ3n) is 5.48. The van der Waals surface area contributed by atoms with Crippen molar-refractivity contribution in [1.82, 2.24) is 4.90 Å². The lowest BCUT2D eigenvalue weighted by Crippen LogP contribution is -2.35. The summed E-state index contributed by atoms with van der Waals surface area (Å²) < 4.78 is 21.6. The summed E-state index contributed by atoms with van der Waals surface area (Å²) in [6.07, 6.45) is 0.906. The molecule has 0 saturated carbocycles. The average molecular weight is 441 g/mol. The first-order valence-electron chi connectivity index (χ1n) is 10.2. The molecule has 0 spiro atoms. The number of para-hydroxylation sites is 1. The number of benzene rings is 1. The number of aromatic hydroxyl groups is 1. The maximum Gasteiger partial charge on any atom is 0.306 e. The van der Waals surface area contributed by atoms with Gasteiger partial charge in [0.05, 0.1) is 50.9 Å². The van der Waals surface area contributed by atoms with Crippen LogP contribution in [0.1, 0.15) is 29.4 Å². The molecule has 1 atom stereocenters. The second-order valence-electron chi connectivity index (χ2n) is 7.53. The van der Waals surface area contributed by atoms with Crippen molar-refractivity contribution in [3.05, 3.63) is 74.1 Å². The molecule has 1 unspecified atom stereocenters. The normalized spacial score (nSPS) is 15.5. The van der Waals surface area contributed by atoms with Crippen LogP contribution in [-0.4, -0.2) is 49.4 Å². The molecule has 1 aromatic carbocycles. The van der Waals surface area contributed by atoms with Crippen molar-refractivity contribution < 1.29 is 28.2 Å². The first-order chi connectivity index (χ1) is 15.5. The zero-order valence-electron chi connectivity index (χ0n) is 17.5.